The van der Waals surface area contributed by atoms with E-state index in [0.717, 1.165) is 6.42 Å². The first-order valence-electron chi connectivity index (χ1n) is 5.90. The molecule has 5 heteroatoms. The van der Waals surface area contributed by atoms with Crippen molar-refractivity contribution in [2.24, 2.45) is 11.8 Å². The van der Waals surface area contributed by atoms with Crippen LogP contribution in [-0.4, -0.2) is 30.8 Å². The Balaban J connectivity index is 2.27. The average Bonchev–Trinajstić information content (AvgIpc) is 2.29. The maximum atomic E-state index is 12.4. The minimum atomic E-state index is -3.36. The molecule has 2 rings (SSSR count). The molecular formula is C12H18N2O2S. The zero-order valence-electron chi connectivity index (χ0n) is 10.2. The molecule has 0 bridgehead atoms. The fourth-order valence-electron chi connectivity index (χ4n) is 2.45. The summed E-state index contributed by atoms with van der Waals surface area (Å²) < 4.78 is 26.3. The van der Waals surface area contributed by atoms with Crippen LogP contribution in [0.3, 0.4) is 0 Å². The molecule has 0 saturated carbocycles. The van der Waals surface area contributed by atoms with Crippen LogP contribution in [0.4, 0.5) is 0 Å². The van der Waals surface area contributed by atoms with Crippen molar-refractivity contribution in [1.82, 2.24) is 9.29 Å². The van der Waals surface area contributed by atoms with Gasteiger partial charge in [0.1, 0.15) is 4.90 Å². The van der Waals surface area contributed by atoms with E-state index in [1.54, 1.807) is 22.6 Å². The van der Waals surface area contributed by atoms with Crippen LogP contribution < -0.4 is 0 Å². The van der Waals surface area contributed by atoms with E-state index >= 15 is 0 Å². The summed E-state index contributed by atoms with van der Waals surface area (Å²) in [5, 5.41) is 0. The van der Waals surface area contributed by atoms with Crippen molar-refractivity contribution in [3.8, 4) is 0 Å². The minimum Gasteiger partial charge on any atom is -0.263 e. The Hall–Kier alpha value is -0.940. The van der Waals surface area contributed by atoms with E-state index < -0.39 is 10.0 Å². The predicted octanol–water partition coefficient (Wildman–Crippen LogP) is 1.75. The zero-order chi connectivity index (χ0) is 12.5. The fourth-order valence-corrected chi connectivity index (χ4v) is 4.09. The predicted molar refractivity (Wildman–Crippen MR) is 65.9 cm³/mol. The smallest absolute Gasteiger partial charge is 0.244 e. The maximum Gasteiger partial charge on any atom is 0.244 e. The third kappa shape index (κ3) is 2.66. The summed E-state index contributed by atoms with van der Waals surface area (Å²) in [5.41, 5.74) is 0. The highest BCUT2D eigenvalue weighted by Gasteiger charge is 2.31. The molecule has 17 heavy (non-hydrogen) atoms. The molecule has 0 spiro atoms. The third-order valence-electron chi connectivity index (χ3n) is 3.11. The molecule has 1 aliphatic rings. The third-order valence-corrected chi connectivity index (χ3v) is 4.92. The molecule has 94 valence electrons. The Bertz CT molecular complexity index is 463. The molecule has 1 saturated heterocycles. The average molecular weight is 254 g/mol. The maximum absolute atomic E-state index is 12.4. The van der Waals surface area contributed by atoms with E-state index in [1.807, 2.05) is 0 Å². The van der Waals surface area contributed by atoms with Gasteiger partial charge in [0.05, 0.1) is 0 Å². The molecule has 0 radical (unpaired) electrons. The van der Waals surface area contributed by atoms with Crippen LogP contribution in [-0.2, 0) is 10.0 Å². The van der Waals surface area contributed by atoms with Gasteiger partial charge in [0.15, 0.2) is 0 Å². The highest BCUT2D eigenvalue weighted by atomic mass is 32.2. The van der Waals surface area contributed by atoms with Gasteiger partial charge in [-0.25, -0.2) is 8.42 Å². The van der Waals surface area contributed by atoms with E-state index in [2.05, 4.69) is 18.8 Å². The van der Waals surface area contributed by atoms with E-state index in [-0.39, 0.29) is 0 Å². The summed E-state index contributed by atoms with van der Waals surface area (Å²) in [4.78, 5) is 4.17. The van der Waals surface area contributed by atoms with Gasteiger partial charge in [-0.05, 0) is 30.4 Å². The molecule has 2 atom stereocenters. The molecule has 0 N–H and O–H groups in total. The Labute approximate surface area is 103 Å². The first kappa shape index (κ1) is 12.5. The lowest BCUT2D eigenvalue weighted by atomic mass is 9.94. The van der Waals surface area contributed by atoms with Crippen LogP contribution in [0.15, 0.2) is 29.4 Å². The second-order valence-corrected chi connectivity index (χ2v) is 6.89. The van der Waals surface area contributed by atoms with Gasteiger partial charge in [-0.2, -0.15) is 4.31 Å². The van der Waals surface area contributed by atoms with Crippen LogP contribution in [0.5, 0.6) is 0 Å². The topological polar surface area (TPSA) is 50.3 Å². The second-order valence-electron chi connectivity index (χ2n) is 4.96. The van der Waals surface area contributed by atoms with E-state index in [4.69, 9.17) is 0 Å². The van der Waals surface area contributed by atoms with Crippen LogP contribution in [0.1, 0.15) is 20.3 Å². The quantitative estimate of drug-likeness (QED) is 0.808. The summed E-state index contributed by atoms with van der Waals surface area (Å²) >= 11 is 0. The monoisotopic (exact) mass is 254 g/mol. The lowest BCUT2D eigenvalue weighted by molar-refractivity contribution is 0.222. The number of hydrogen-bond acceptors (Lipinski definition) is 3. The van der Waals surface area contributed by atoms with Crippen molar-refractivity contribution in [1.29, 1.82) is 0 Å². The number of rotatable bonds is 2. The summed E-state index contributed by atoms with van der Waals surface area (Å²) in [5.74, 6) is 0.843. The highest BCUT2D eigenvalue weighted by molar-refractivity contribution is 7.89. The molecule has 1 fully saturated rings. The molecular weight excluding hydrogens is 236 g/mol. The Morgan fingerprint density at radius 3 is 2.47 bits per heavy atom. The molecule has 4 nitrogen and oxygen atoms in total. The number of piperidine rings is 1. The number of hydrogen-bond donors (Lipinski definition) is 0. The lowest BCUT2D eigenvalue weighted by Gasteiger charge is -2.33. The van der Waals surface area contributed by atoms with Gasteiger partial charge >= 0.3 is 0 Å². The Kier molecular flexibility index (Phi) is 3.49. The molecule has 1 aliphatic heterocycles. The number of nitrogens with zero attached hydrogens (tertiary/aromatic N) is 2. The van der Waals surface area contributed by atoms with Crippen LogP contribution >= 0.6 is 0 Å². The second kappa shape index (κ2) is 4.74. The van der Waals surface area contributed by atoms with Crippen molar-refractivity contribution in [3.05, 3.63) is 24.5 Å². The van der Waals surface area contributed by atoms with Gasteiger partial charge in [0, 0.05) is 25.5 Å². The van der Waals surface area contributed by atoms with E-state index in [1.165, 1.54) is 6.20 Å². The molecule has 0 aromatic carbocycles. The molecule has 0 aliphatic carbocycles. The van der Waals surface area contributed by atoms with Crippen molar-refractivity contribution in [3.63, 3.8) is 0 Å². The highest BCUT2D eigenvalue weighted by Crippen LogP contribution is 2.26. The Morgan fingerprint density at radius 2 is 1.94 bits per heavy atom. The minimum absolute atomic E-state index is 0.293. The van der Waals surface area contributed by atoms with Crippen molar-refractivity contribution in [2.75, 3.05) is 13.1 Å². The van der Waals surface area contributed by atoms with Crippen molar-refractivity contribution >= 4 is 10.0 Å². The van der Waals surface area contributed by atoms with Gasteiger partial charge < -0.3 is 0 Å². The van der Waals surface area contributed by atoms with Crippen molar-refractivity contribution in [2.45, 2.75) is 25.2 Å². The summed E-state index contributed by atoms with van der Waals surface area (Å²) in [6.07, 6.45) is 4.10. The lowest BCUT2D eigenvalue weighted by Crippen LogP contribution is -2.42. The van der Waals surface area contributed by atoms with Crippen molar-refractivity contribution < 1.29 is 8.42 Å². The standard InChI is InChI=1S/C12H18N2O2S/c1-10-6-11(2)9-14(8-10)17(15,16)12-4-3-5-13-7-12/h3-5,7,10-11H,6,8-9H2,1-2H3/t10-,11+. The fraction of sp³-hybridized carbons (Fsp3) is 0.583. The van der Waals surface area contributed by atoms with Gasteiger partial charge in [-0.3, -0.25) is 4.98 Å². The molecule has 0 unspecified atom stereocenters. The van der Waals surface area contributed by atoms with Crippen LogP contribution in [0, 0.1) is 11.8 Å². The Morgan fingerprint density at radius 1 is 1.29 bits per heavy atom. The molecule has 1 aromatic rings. The number of aromatic nitrogens is 1. The van der Waals surface area contributed by atoms with Gasteiger partial charge in [-0.15, -0.1) is 0 Å². The molecule has 1 aromatic heterocycles. The summed E-state index contributed by atoms with van der Waals surface area (Å²) in [7, 11) is -3.36. The first-order valence-corrected chi connectivity index (χ1v) is 7.34. The largest absolute Gasteiger partial charge is 0.263 e. The molecule has 0 amide bonds. The zero-order valence-corrected chi connectivity index (χ0v) is 11.0. The normalized spacial score (nSPS) is 26.9. The van der Waals surface area contributed by atoms with Crippen LogP contribution in [0.2, 0.25) is 0 Å². The first-order chi connectivity index (χ1) is 8.00. The van der Waals surface area contributed by atoms with Gasteiger partial charge in [-0.1, -0.05) is 13.8 Å². The number of pyridine rings is 1. The SMILES string of the molecule is C[C@@H]1C[C@H](C)CN(S(=O)(=O)c2cccnc2)C1. The van der Waals surface area contributed by atoms with E-state index in [0.29, 0.717) is 29.8 Å². The van der Waals surface area contributed by atoms with Gasteiger partial charge in [0.25, 0.3) is 0 Å². The summed E-state index contributed by atoms with van der Waals surface area (Å²) in [6, 6.07) is 3.26. The number of sulfonamides is 1. The van der Waals surface area contributed by atoms with E-state index in [9.17, 15) is 8.42 Å². The summed E-state index contributed by atoms with van der Waals surface area (Å²) in [6.45, 7) is 5.42. The van der Waals surface area contributed by atoms with Crippen LogP contribution in [0.25, 0.3) is 0 Å². The molecule has 2 heterocycles. The van der Waals surface area contributed by atoms with Gasteiger partial charge in [0.2, 0.25) is 10.0 Å².